The highest BCUT2D eigenvalue weighted by molar-refractivity contribution is 9.10. The minimum Gasteiger partial charge on any atom is -0.495 e. The lowest BCUT2D eigenvalue weighted by Gasteiger charge is -2.14. The van der Waals surface area contributed by atoms with Gasteiger partial charge in [0, 0.05) is 12.1 Å². The average Bonchev–Trinajstić information content (AvgIpc) is 2.88. The predicted molar refractivity (Wildman–Crippen MR) is 137 cm³/mol. The summed E-state index contributed by atoms with van der Waals surface area (Å²) in [5.74, 6) is -0.500. The van der Waals surface area contributed by atoms with E-state index in [9.17, 15) is 28.6 Å². The first-order valence-corrected chi connectivity index (χ1v) is 12.4. The number of hydrogen-bond acceptors (Lipinski definition) is 9. The van der Waals surface area contributed by atoms with Crippen molar-refractivity contribution < 1.29 is 31.8 Å². The van der Waals surface area contributed by atoms with Crippen molar-refractivity contribution in [3.8, 4) is 23.3 Å². The van der Waals surface area contributed by atoms with E-state index in [2.05, 4.69) is 21.2 Å². The number of nitro groups is 1. The van der Waals surface area contributed by atoms with E-state index in [0.717, 1.165) is 24.3 Å². The number of methoxy groups -OCH3 is 2. The summed E-state index contributed by atoms with van der Waals surface area (Å²) in [6.07, 6.45) is 1.28. The van der Waals surface area contributed by atoms with Crippen LogP contribution in [0.5, 0.6) is 17.2 Å². The van der Waals surface area contributed by atoms with Gasteiger partial charge in [-0.25, -0.2) is 0 Å². The molecule has 1 amide bonds. The summed E-state index contributed by atoms with van der Waals surface area (Å²) >= 11 is 3.23. The van der Waals surface area contributed by atoms with Crippen LogP contribution in [-0.4, -0.2) is 33.5 Å². The molecule has 1 N–H and O–H groups in total. The summed E-state index contributed by atoms with van der Waals surface area (Å²) in [5.41, 5.74) is 0.176. The minimum atomic E-state index is -4.38. The molecule has 0 unspecified atom stereocenters. The molecule has 3 aromatic rings. The molecule has 0 aliphatic heterocycles. The highest BCUT2D eigenvalue weighted by Crippen LogP contribution is 2.39. The molecule has 0 spiro atoms. The fourth-order valence-electron chi connectivity index (χ4n) is 3.05. The van der Waals surface area contributed by atoms with Gasteiger partial charge >= 0.3 is 10.1 Å². The Hall–Kier alpha value is -4.41. The van der Waals surface area contributed by atoms with Crippen LogP contribution in [0.25, 0.3) is 6.08 Å². The molecule has 0 radical (unpaired) electrons. The molecule has 0 heterocycles. The van der Waals surface area contributed by atoms with E-state index < -0.39 is 20.9 Å². The van der Waals surface area contributed by atoms with Gasteiger partial charge in [-0.05, 0) is 64.0 Å². The third kappa shape index (κ3) is 6.43. The Balaban J connectivity index is 1.91. The number of nitrogens with zero attached hydrogens (tertiary/aromatic N) is 2. The number of anilines is 1. The monoisotopic (exact) mass is 587 g/mol. The van der Waals surface area contributed by atoms with Crippen LogP contribution in [0.15, 0.2) is 75.6 Å². The average molecular weight is 588 g/mol. The Morgan fingerprint density at radius 3 is 2.32 bits per heavy atom. The zero-order valence-corrected chi connectivity index (χ0v) is 21.7. The van der Waals surface area contributed by atoms with Crippen LogP contribution < -0.4 is 19.0 Å². The van der Waals surface area contributed by atoms with Gasteiger partial charge in [-0.1, -0.05) is 12.1 Å². The molecular weight excluding hydrogens is 570 g/mol. The van der Waals surface area contributed by atoms with Crippen molar-refractivity contribution in [1.82, 2.24) is 0 Å². The molecule has 0 aliphatic carbocycles. The van der Waals surface area contributed by atoms with Gasteiger partial charge in [0.2, 0.25) is 0 Å². The maximum absolute atomic E-state index is 12.7. The number of nitriles is 1. The predicted octanol–water partition coefficient (Wildman–Crippen LogP) is 4.69. The fourth-order valence-corrected chi connectivity index (χ4v) is 4.65. The van der Waals surface area contributed by atoms with Gasteiger partial charge in [-0.3, -0.25) is 14.9 Å². The van der Waals surface area contributed by atoms with E-state index in [-0.39, 0.29) is 32.1 Å². The van der Waals surface area contributed by atoms with Gasteiger partial charge in [0.1, 0.15) is 22.3 Å². The number of rotatable bonds is 9. The molecule has 0 saturated carbocycles. The number of amides is 1. The summed E-state index contributed by atoms with van der Waals surface area (Å²) in [6.45, 7) is 0. The van der Waals surface area contributed by atoms with Crippen molar-refractivity contribution in [1.29, 1.82) is 5.26 Å². The van der Waals surface area contributed by atoms with Gasteiger partial charge in [-0.2, -0.15) is 13.7 Å². The number of benzene rings is 3. The lowest BCUT2D eigenvalue weighted by Crippen LogP contribution is -2.14. The summed E-state index contributed by atoms with van der Waals surface area (Å²) in [5, 5.41) is 23.0. The highest BCUT2D eigenvalue weighted by Gasteiger charge is 2.23. The fraction of sp³-hybridized carbons (Fsp3) is 0.0833. The summed E-state index contributed by atoms with van der Waals surface area (Å²) in [6, 6.07) is 15.5. The van der Waals surface area contributed by atoms with E-state index >= 15 is 0 Å². The van der Waals surface area contributed by atoms with E-state index in [4.69, 9.17) is 13.7 Å². The van der Waals surface area contributed by atoms with Crippen molar-refractivity contribution >= 4 is 49.4 Å². The number of carbonyl (C=O) groups excluding carboxylic acids is 1. The van der Waals surface area contributed by atoms with Gasteiger partial charge < -0.3 is 19.0 Å². The van der Waals surface area contributed by atoms with E-state index in [1.165, 1.54) is 32.4 Å². The summed E-state index contributed by atoms with van der Waals surface area (Å²) in [7, 11) is -1.66. The topological polar surface area (TPSA) is 158 Å². The largest absolute Gasteiger partial charge is 0.495 e. The van der Waals surface area contributed by atoms with Crippen LogP contribution in [0, 0.1) is 21.4 Å². The molecule has 0 atom stereocenters. The number of carbonyl (C=O) groups is 1. The molecule has 190 valence electrons. The number of non-ortho nitro benzene ring substituents is 1. The molecule has 3 aromatic carbocycles. The van der Waals surface area contributed by atoms with Crippen molar-refractivity contribution in [2.45, 2.75) is 4.90 Å². The molecule has 0 aromatic heterocycles. The Morgan fingerprint density at radius 1 is 1.08 bits per heavy atom. The van der Waals surface area contributed by atoms with Crippen LogP contribution in [0.3, 0.4) is 0 Å². The molecule has 3 rings (SSSR count). The Morgan fingerprint density at radius 2 is 1.73 bits per heavy atom. The van der Waals surface area contributed by atoms with Crippen molar-refractivity contribution in [3.63, 3.8) is 0 Å². The number of nitro benzene ring substituents is 1. The highest BCUT2D eigenvalue weighted by atomic mass is 79.9. The van der Waals surface area contributed by atoms with Crippen LogP contribution in [0.2, 0.25) is 0 Å². The first-order valence-electron chi connectivity index (χ1n) is 10.2. The maximum atomic E-state index is 12.7. The van der Waals surface area contributed by atoms with Gasteiger partial charge in [0.15, 0.2) is 11.5 Å². The lowest BCUT2D eigenvalue weighted by atomic mass is 10.1. The Kier molecular flexibility index (Phi) is 8.49. The number of para-hydroxylation sites is 2. The zero-order valence-electron chi connectivity index (χ0n) is 19.3. The Labute approximate surface area is 220 Å². The second kappa shape index (κ2) is 11.5. The maximum Gasteiger partial charge on any atom is 0.339 e. The lowest BCUT2D eigenvalue weighted by molar-refractivity contribution is -0.384. The number of halogens is 1. The number of hydrogen-bond donors (Lipinski definition) is 1. The molecule has 0 aliphatic rings. The first-order chi connectivity index (χ1) is 17.6. The molecule has 13 heteroatoms. The summed E-state index contributed by atoms with van der Waals surface area (Å²) in [4.78, 5) is 22.5. The van der Waals surface area contributed by atoms with E-state index in [1.54, 1.807) is 24.3 Å². The molecule has 0 fully saturated rings. The molecule has 0 saturated heterocycles. The quantitative estimate of drug-likeness (QED) is 0.123. The molecule has 37 heavy (non-hydrogen) atoms. The molecular formula is C24H18BrN3O8S. The van der Waals surface area contributed by atoms with Gasteiger partial charge in [-0.15, -0.1) is 0 Å². The third-order valence-electron chi connectivity index (χ3n) is 4.81. The van der Waals surface area contributed by atoms with Crippen LogP contribution >= 0.6 is 15.9 Å². The smallest absolute Gasteiger partial charge is 0.339 e. The van der Waals surface area contributed by atoms with E-state index in [0.29, 0.717) is 17.0 Å². The second-order valence-corrected chi connectivity index (χ2v) is 9.55. The van der Waals surface area contributed by atoms with Gasteiger partial charge in [0.05, 0.1) is 29.3 Å². The molecule has 0 bridgehead atoms. The third-order valence-corrected chi connectivity index (χ3v) is 6.64. The van der Waals surface area contributed by atoms with Crippen molar-refractivity contribution in [2.75, 3.05) is 19.5 Å². The van der Waals surface area contributed by atoms with Gasteiger partial charge in [0.25, 0.3) is 11.6 Å². The normalized spacial score (nSPS) is 11.2. The zero-order chi connectivity index (χ0) is 27.2. The molecule has 11 nitrogen and oxygen atoms in total. The Bertz CT molecular complexity index is 1530. The first kappa shape index (κ1) is 27.2. The van der Waals surface area contributed by atoms with Crippen molar-refractivity contribution in [2.24, 2.45) is 0 Å². The van der Waals surface area contributed by atoms with Crippen LogP contribution in [-0.2, 0) is 14.9 Å². The number of ether oxygens (including phenoxy) is 2. The van der Waals surface area contributed by atoms with Crippen molar-refractivity contribution in [3.05, 3.63) is 86.4 Å². The summed E-state index contributed by atoms with van der Waals surface area (Å²) < 4.78 is 41.3. The number of nitrogens with one attached hydrogen (secondary N) is 1. The van der Waals surface area contributed by atoms with Crippen LogP contribution in [0.4, 0.5) is 11.4 Å². The second-order valence-electron chi connectivity index (χ2n) is 7.15. The minimum absolute atomic E-state index is 0.0199. The van der Waals surface area contributed by atoms with Crippen LogP contribution in [0.1, 0.15) is 5.56 Å². The standard InChI is InChI=1S/C24H18BrN3O8S/c1-34-21-6-4-3-5-20(21)27-24(29)16(14-26)11-15-12-19(25)23(22(13-15)35-2)36-37(32,33)18-9-7-17(8-10-18)28(30)31/h3-13H,1-2H3,(H,27,29)/b16-11+. The SMILES string of the molecule is COc1ccccc1NC(=O)/C(C#N)=C/c1cc(Br)c(OS(=O)(=O)c2ccc([N+](=O)[O-])cc2)c(OC)c1. The van der Waals surface area contributed by atoms with E-state index in [1.807, 2.05) is 6.07 Å².